The van der Waals surface area contributed by atoms with Crippen molar-refractivity contribution in [3.63, 3.8) is 0 Å². The van der Waals surface area contributed by atoms with Gasteiger partial charge >= 0.3 is 5.97 Å². The lowest BCUT2D eigenvalue weighted by molar-refractivity contribution is -0.166. The van der Waals surface area contributed by atoms with E-state index in [9.17, 15) is 9.90 Å². The second kappa shape index (κ2) is 5.20. The Bertz CT molecular complexity index is 305. The van der Waals surface area contributed by atoms with Gasteiger partial charge in [0.05, 0.1) is 12.0 Å². The Balaban J connectivity index is 2.01. The molecule has 3 heteroatoms. The summed E-state index contributed by atoms with van der Waals surface area (Å²) in [4.78, 5) is 12.3. The molecule has 2 rings (SSSR count). The molecule has 4 atom stereocenters. The SMILES string of the molecule is CC(C)(C)OC(=O)C1CCCC2CC(O)CCC21. The molecule has 0 aromatic heterocycles. The zero-order valence-electron chi connectivity index (χ0n) is 11.8. The molecule has 0 saturated heterocycles. The van der Waals surface area contributed by atoms with Crippen LogP contribution in [0.1, 0.15) is 59.3 Å². The molecule has 0 heterocycles. The number of esters is 1. The van der Waals surface area contributed by atoms with E-state index in [0.717, 1.165) is 32.1 Å². The lowest BCUT2D eigenvalue weighted by atomic mass is 9.65. The number of hydrogen-bond donors (Lipinski definition) is 1. The molecular weight excluding hydrogens is 228 g/mol. The van der Waals surface area contributed by atoms with Gasteiger partial charge in [0.2, 0.25) is 0 Å². The number of rotatable bonds is 1. The van der Waals surface area contributed by atoms with Gasteiger partial charge in [-0.25, -0.2) is 0 Å². The molecule has 104 valence electrons. The van der Waals surface area contributed by atoms with Crippen molar-refractivity contribution in [2.75, 3.05) is 0 Å². The van der Waals surface area contributed by atoms with Gasteiger partial charge in [-0.15, -0.1) is 0 Å². The highest BCUT2D eigenvalue weighted by Gasteiger charge is 2.42. The van der Waals surface area contributed by atoms with E-state index in [2.05, 4.69) is 0 Å². The first-order chi connectivity index (χ1) is 8.37. The molecule has 2 aliphatic carbocycles. The predicted molar refractivity (Wildman–Crippen MR) is 70.0 cm³/mol. The quantitative estimate of drug-likeness (QED) is 0.732. The van der Waals surface area contributed by atoms with Gasteiger partial charge in [-0.1, -0.05) is 12.8 Å². The number of carbonyl (C=O) groups is 1. The summed E-state index contributed by atoms with van der Waals surface area (Å²) in [6.07, 6.45) is 5.79. The summed E-state index contributed by atoms with van der Waals surface area (Å²) >= 11 is 0. The zero-order chi connectivity index (χ0) is 13.3. The Morgan fingerprint density at radius 2 is 1.89 bits per heavy atom. The average molecular weight is 254 g/mol. The predicted octanol–water partition coefficient (Wildman–Crippen LogP) is 2.91. The van der Waals surface area contributed by atoms with Crippen LogP contribution in [0.5, 0.6) is 0 Å². The molecule has 0 spiro atoms. The van der Waals surface area contributed by atoms with Crippen LogP contribution in [0.15, 0.2) is 0 Å². The standard InChI is InChI=1S/C15H26O3/c1-15(2,3)18-14(17)13-6-4-5-10-9-11(16)7-8-12(10)13/h10-13,16H,4-9H2,1-3H3. The molecule has 0 aliphatic heterocycles. The second-order valence-corrected chi connectivity index (χ2v) is 6.96. The van der Waals surface area contributed by atoms with Crippen LogP contribution in [0.2, 0.25) is 0 Å². The fraction of sp³-hybridized carbons (Fsp3) is 0.933. The summed E-state index contributed by atoms with van der Waals surface area (Å²) in [6.45, 7) is 5.78. The molecule has 0 bridgehead atoms. The number of fused-ring (bicyclic) bond motifs is 1. The van der Waals surface area contributed by atoms with Gasteiger partial charge in [-0.2, -0.15) is 0 Å². The summed E-state index contributed by atoms with van der Waals surface area (Å²) in [7, 11) is 0. The fourth-order valence-electron chi connectivity index (χ4n) is 3.61. The third-order valence-electron chi connectivity index (χ3n) is 4.33. The minimum atomic E-state index is -0.391. The van der Waals surface area contributed by atoms with E-state index in [1.54, 1.807) is 0 Å². The van der Waals surface area contributed by atoms with Gasteiger partial charge in [0, 0.05) is 0 Å². The third-order valence-corrected chi connectivity index (χ3v) is 4.33. The van der Waals surface area contributed by atoms with Crippen molar-refractivity contribution < 1.29 is 14.6 Å². The topological polar surface area (TPSA) is 46.5 Å². The Kier molecular flexibility index (Phi) is 4.00. The highest BCUT2D eigenvalue weighted by molar-refractivity contribution is 5.73. The lowest BCUT2D eigenvalue weighted by Crippen LogP contribution is -2.41. The van der Waals surface area contributed by atoms with Crippen LogP contribution in [-0.2, 0) is 9.53 Å². The van der Waals surface area contributed by atoms with Crippen molar-refractivity contribution in [3.05, 3.63) is 0 Å². The smallest absolute Gasteiger partial charge is 0.309 e. The van der Waals surface area contributed by atoms with E-state index in [1.807, 2.05) is 20.8 Å². The van der Waals surface area contributed by atoms with E-state index < -0.39 is 5.60 Å². The van der Waals surface area contributed by atoms with E-state index in [-0.39, 0.29) is 18.0 Å². The van der Waals surface area contributed by atoms with Crippen molar-refractivity contribution in [3.8, 4) is 0 Å². The van der Waals surface area contributed by atoms with E-state index >= 15 is 0 Å². The average Bonchev–Trinajstić information content (AvgIpc) is 2.25. The van der Waals surface area contributed by atoms with E-state index in [0.29, 0.717) is 11.8 Å². The van der Waals surface area contributed by atoms with Crippen LogP contribution in [0.25, 0.3) is 0 Å². The first-order valence-corrected chi connectivity index (χ1v) is 7.28. The summed E-state index contributed by atoms with van der Waals surface area (Å²) in [5.74, 6) is 1.01. The Morgan fingerprint density at radius 1 is 1.17 bits per heavy atom. The van der Waals surface area contributed by atoms with Crippen molar-refractivity contribution in [1.82, 2.24) is 0 Å². The van der Waals surface area contributed by atoms with E-state index in [1.165, 1.54) is 6.42 Å². The highest BCUT2D eigenvalue weighted by Crippen LogP contribution is 2.44. The molecule has 0 amide bonds. The minimum absolute atomic E-state index is 0.0198. The lowest BCUT2D eigenvalue weighted by Gasteiger charge is -2.42. The molecule has 0 aromatic carbocycles. The van der Waals surface area contributed by atoms with Crippen LogP contribution in [-0.4, -0.2) is 22.8 Å². The molecule has 4 unspecified atom stereocenters. The van der Waals surface area contributed by atoms with Crippen LogP contribution >= 0.6 is 0 Å². The first kappa shape index (κ1) is 13.9. The molecular formula is C15H26O3. The second-order valence-electron chi connectivity index (χ2n) is 6.96. The van der Waals surface area contributed by atoms with E-state index in [4.69, 9.17) is 4.74 Å². The molecule has 2 saturated carbocycles. The minimum Gasteiger partial charge on any atom is -0.460 e. The molecule has 3 nitrogen and oxygen atoms in total. The largest absolute Gasteiger partial charge is 0.460 e. The van der Waals surface area contributed by atoms with Crippen molar-refractivity contribution in [1.29, 1.82) is 0 Å². The highest BCUT2D eigenvalue weighted by atomic mass is 16.6. The number of aliphatic hydroxyl groups excluding tert-OH is 1. The number of carbonyl (C=O) groups excluding carboxylic acids is 1. The van der Waals surface area contributed by atoms with Gasteiger partial charge in [0.15, 0.2) is 0 Å². The molecule has 2 aliphatic rings. The van der Waals surface area contributed by atoms with Gasteiger partial charge in [0.25, 0.3) is 0 Å². The van der Waals surface area contributed by atoms with Gasteiger partial charge in [-0.05, 0) is 58.3 Å². The summed E-state index contributed by atoms with van der Waals surface area (Å²) < 4.78 is 5.55. The molecule has 0 aromatic rings. The summed E-state index contributed by atoms with van der Waals surface area (Å²) in [6, 6.07) is 0. The number of hydrogen-bond acceptors (Lipinski definition) is 3. The molecule has 18 heavy (non-hydrogen) atoms. The Labute approximate surface area is 110 Å². The van der Waals surface area contributed by atoms with Crippen LogP contribution in [0.4, 0.5) is 0 Å². The van der Waals surface area contributed by atoms with Crippen LogP contribution in [0.3, 0.4) is 0 Å². The number of aliphatic hydroxyl groups is 1. The van der Waals surface area contributed by atoms with Gasteiger partial charge in [0.1, 0.15) is 5.60 Å². The normalized spacial score (nSPS) is 36.9. The first-order valence-electron chi connectivity index (χ1n) is 7.28. The molecule has 2 fully saturated rings. The molecule has 0 radical (unpaired) electrons. The Morgan fingerprint density at radius 3 is 2.56 bits per heavy atom. The molecule has 1 N–H and O–H groups in total. The Hall–Kier alpha value is -0.570. The van der Waals surface area contributed by atoms with Crippen LogP contribution in [0, 0.1) is 17.8 Å². The maximum absolute atomic E-state index is 12.3. The monoisotopic (exact) mass is 254 g/mol. The maximum atomic E-state index is 12.3. The van der Waals surface area contributed by atoms with Crippen molar-refractivity contribution >= 4 is 5.97 Å². The van der Waals surface area contributed by atoms with Crippen LogP contribution < -0.4 is 0 Å². The van der Waals surface area contributed by atoms with Gasteiger partial charge < -0.3 is 9.84 Å². The van der Waals surface area contributed by atoms with Crippen molar-refractivity contribution in [2.24, 2.45) is 17.8 Å². The summed E-state index contributed by atoms with van der Waals surface area (Å²) in [5, 5.41) is 9.74. The maximum Gasteiger partial charge on any atom is 0.309 e. The number of ether oxygens (including phenoxy) is 1. The third kappa shape index (κ3) is 3.25. The fourth-order valence-corrected chi connectivity index (χ4v) is 3.61. The zero-order valence-corrected chi connectivity index (χ0v) is 11.8. The van der Waals surface area contributed by atoms with Gasteiger partial charge in [-0.3, -0.25) is 4.79 Å². The summed E-state index contributed by atoms with van der Waals surface area (Å²) in [5.41, 5.74) is -0.391. The van der Waals surface area contributed by atoms with Crippen molar-refractivity contribution in [2.45, 2.75) is 71.0 Å².